The van der Waals surface area contributed by atoms with E-state index in [0.717, 1.165) is 15.7 Å². The number of ketones is 4. The van der Waals surface area contributed by atoms with Gasteiger partial charge in [-0.2, -0.15) is 0 Å². The fourth-order valence-electron chi connectivity index (χ4n) is 13.8. The standard InChI is InChI=1S/C77H111N7O17/c1-16-49(8)72(82(12)76(95)60(47(4)5)41-64(87)71(48(6)7)81(10)11)66(98-14)42-70(92)84-44-58(40-62(84)73(99-15)50(9)74(93)79-43-65(88)55-30-29-54-38-57(97-13)32-31-53(54)37-55)101-77(96)100-45-52-27-25-51(26-28-52)36-63(86)61(23-19-20-24-67(78)89)80-75(94)59(46(2)3)39-56(85)22-18-17-21-35-83-68(90)33-34-69(83)91/h25-34,37-38,46-50,58-62,66,71-73H,16-24,35-36,39-45H2,1-15H3,(H2,78,89)(H,79,93)(H,80,94)/t49-,50+,58-,59-,60-,61-,62-,66+,71-,72-,73+/m0/s1. The molecule has 7 amide bonds. The lowest BCUT2D eigenvalue weighted by Gasteiger charge is -2.41. The number of carbonyl (C=O) groups excluding carboxylic acids is 12. The molecule has 2 aliphatic heterocycles. The molecule has 0 aliphatic carbocycles. The van der Waals surface area contributed by atoms with Crippen LogP contribution in [0.4, 0.5) is 4.79 Å². The summed E-state index contributed by atoms with van der Waals surface area (Å²) in [5.74, 6) is -6.00. The van der Waals surface area contributed by atoms with Gasteiger partial charge in [-0.15, -0.1) is 0 Å². The summed E-state index contributed by atoms with van der Waals surface area (Å²) in [5, 5.41) is 7.35. The Bertz CT molecular complexity index is 3360. The molecule has 11 atom stereocenters. The van der Waals surface area contributed by atoms with Crippen LogP contribution in [-0.2, 0) is 79.9 Å². The maximum atomic E-state index is 15.1. The summed E-state index contributed by atoms with van der Waals surface area (Å²) in [6, 6.07) is 14.6. The number of likely N-dealkylation sites (N-methyl/N-ethyl adjacent to an activating group) is 2. The predicted molar refractivity (Wildman–Crippen MR) is 382 cm³/mol. The van der Waals surface area contributed by atoms with E-state index in [1.54, 1.807) is 74.5 Å². The van der Waals surface area contributed by atoms with Crippen LogP contribution in [0.1, 0.15) is 167 Å². The highest BCUT2D eigenvalue weighted by Gasteiger charge is 2.47. The van der Waals surface area contributed by atoms with Gasteiger partial charge in [0.25, 0.3) is 11.8 Å². The number of rotatable bonds is 44. The smallest absolute Gasteiger partial charge is 0.497 e. The SMILES string of the molecule is CC[C@H](C)[C@@H]([C@@H](CC(=O)N1C[C@@H](OC(=O)OCc2ccc(CC(=O)[C@H](CCCCC(N)=O)NC(=O)[C@@H](CC(=O)CCCCCN3C(=O)C=CC3=O)C(C)C)cc2)C[C@H]1[C@H](OC)[C@@H](C)C(=O)NCC(=O)c1ccc2cc(OC)ccc2c1)OC)N(C)C(=O)[C@@H](CC(=O)[C@H](C(C)C)N(C)C)C(C)C. The number of nitrogens with two attached hydrogens (primary N) is 1. The highest BCUT2D eigenvalue weighted by molar-refractivity contribution is 6.13. The molecule has 24 heteroatoms. The zero-order valence-electron chi connectivity index (χ0n) is 62.0. The molecule has 24 nitrogen and oxygen atoms in total. The highest BCUT2D eigenvalue weighted by Crippen LogP contribution is 2.33. The monoisotopic (exact) mass is 1410 g/mol. The Morgan fingerprint density at radius 3 is 1.91 bits per heavy atom. The molecule has 2 heterocycles. The number of fused-ring (bicyclic) bond motifs is 1. The number of nitrogens with one attached hydrogen (secondary N) is 2. The number of primary amides is 1. The van der Waals surface area contributed by atoms with Gasteiger partial charge in [-0.05, 0) is 104 Å². The summed E-state index contributed by atoms with van der Waals surface area (Å²) >= 11 is 0. The lowest BCUT2D eigenvalue weighted by molar-refractivity contribution is -0.149. The van der Waals surface area contributed by atoms with E-state index < -0.39 is 90.0 Å². The average Bonchev–Trinajstić information content (AvgIpc) is 1.74. The Morgan fingerprint density at radius 1 is 0.683 bits per heavy atom. The van der Waals surface area contributed by atoms with Crippen molar-refractivity contribution >= 4 is 81.4 Å². The number of Topliss-reactive ketones (excluding diaryl/α,β-unsaturated/α-hetero) is 4. The Balaban J connectivity index is 1.30. The van der Waals surface area contributed by atoms with Crippen LogP contribution in [0.3, 0.4) is 0 Å². The van der Waals surface area contributed by atoms with E-state index in [9.17, 15) is 52.7 Å². The third-order valence-corrected chi connectivity index (χ3v) is 19.8. The molecule has 2 aliphatic rings. The van der Waals surface area contributed by atoms with Crippen molar-refractivity contribution in [3.63, 3.8) is 0 Å². The summed E-state index contributed by atoms with van der Waals surface area (Å²) in [5.41, 5.74) is 6.91. The van der Waals surface area contributed by atoms with Crippen LogP contribution in [0.2, 0.25) is 0 Å². The fourth-order valence-corrected chi connectivity index (χ4v) is 13.8. The molecule has 0 aromatic heterocycles. The van der Waals surface area contributed by atoms with Gasteiger partial charge in [0.1, 0.15) is 24.2 Å². The molecule has 1 saturated heterocycles. The Kier molecular flexibility index (Phi) is 33.4. The molecule has 0 saturated carbocycles. The van der Waals surface area contributed by atoms with Gasteiger partial charge < -0.3 is 49.9 Å². The number of amides is 7. The Morgan fingerprint density at radius 2 is 1.32 bits per heavy atom. The van der Waals surface area contributed by atoms with Crippen molar-refractivity contribution < 1.29 is 81.2 Å². The molecule has 4 N–H and O–H groups in total. The molecule has 3 aromatic rings. The van der Waals surface area contributed by atoms with Gasteiger partial charge in [0.05, 0.1) is 68.9 Å². The normalized spacial score (nSPS) is 17.3. The first kappa shape index (κ1) is 83.4. The minimum absolute atomic E-state index is 0.00910. The lowest BCUT2D eigenvalue weighted by atomic mass is 9.83. The van der Waals surface area contributed by atoms with Crippen molar-refractivity contribution in [3.05, 3.63) is 89.5 Å². The number of nitrogens with zero attached hydrogens (tertiary/aromatic N) is 4. The van der Waals surface area contributed by atoms with Crippen LogP contribution in [-0.4, -0.2) is 195 Å². The van der Waals surface area contributed by atoms with Gasteiger partial charge in [-0.3, -0.25) is 62.5 Å². The number of ether oxygens (including phenoxy) is 5. The van der Waals surface area contributed by atoms with Gasteiger partial charge in [0.2, 0.25) is 29.5 Å². The molecule has 556 valence electrons. The van der Waals surface area contributed by atoms with E-state index in [-0.39, 0.29) is 142 Å². The second-order valence-corrected chi connectivity index (χ2v) is 28.5. The lowest BCUT2D eigenvalue weighted by Crippen LogP contribution is -2.54. The molecule has 1 fully saturated rings. The largest absolute Gasteiger partial charge is 0.508 e. The summed E-state index contributed by atoms with van der Waals surface area (Å²) in [7, 11) is 9.84. The number of carbonyl (C=O) groups is 12. The molecular formula is C77H111N7O17. The maximum Gasteiger partial charge on any atom is 0.508 e. The van der Waals surface area contributed by atoms with Crippen molar-refractivity contribution in [1.29, 1.82) is 0 Å². The Hall–Kier alpha value is -8.22. The average molecular weight is 1410 g/mol. The van der Waals surface area contributed by atoms with E-state index >= 15 is 4.79 Å². The first-order chi connectivity index (χ1) is 47.8. The first-order valence-corrected chi connectivity index (χ1v) is 35.6. The van der Waals surface area contributed by atoms with Crippen LogP contribution in [0.5, 0.6) is 5.75 Å². The van der Waals surface area contributed by atoms with Crippen LogP contribution in [0.25, 0.3) is 10.8 Å². The fraction of sp³-hybridized carbons (Fsp3) is 0.610. The van der Waals surface area contributed by atoms with E-state index in [4.69, 9.17) is 29.4 Å². The summed E-state index contributed by atoms with van der Waals surface area (Å²) in [4.78, 5) is 168. The first-order valence-electron chi connectivity index (χ1n) is 35.6. The summed E-state index contributed by atoms with van der Waals surface area (Å²) in [6.45, 7) is 16.5. The third-order valence-electron chi connectivity index (χ3n) is 19.8. The van der Waals surface area contributed by atoms with Crippen LogP contribution >= 0.6 is 0 Å². The number of hydrogen-bond donors (Lipinski definition) is 3. The highest BCUT2D eigenvalue weighted by atomic mass is 16.7. The van der Waals surface area contributed by atoms with Crippen LogP contribution < -0.4 is 21.1 Å². The van der Waals surface area contributed by atoms with Crippen molar-refractivity contribution in [3.8, 4) is 5.75 Å². The second-order valence-electron chi connectivity index (χ2n) is 28.5. The number of imide groups is 1. The number of hydrogen-bond acceptors (Lipinski definition) is 18. The molecule has 0 radical (unpaired) electrons. The maximum absolute atomic E-state index is 15.1. The molecule has 5 rings (SSSR count). The van der Waals surface area contributed by atoms with Crippen LogP contribution in [0, 0.1) is 41.4 Å². The van der Waals surface area contributed by atoms with Crippen LogP contribution in [0.15, 0.2) is 72.8 Å². The number of methoxy groups -OCH3 is 3. The van der Waals surface area contributed by atoms with Crippen molar-refractivity contribution in [2.75, 3.05) is 62.1 Å². The molecular weight excluding hydrogens is 1290 g/mol. The zero-order valence-corrected chi connectivity index (χ0v) is 62.0. The minimum Gasteiger partial charge on any atom is -0.497 e. The van der Waals surface area contributed by atoms with E-state index in [1.807, 2.05) is 86.5 Å². The molecule has 101 heavy (non-hydrogen) atoms. The third kappa shape index (κ3) is 24.5. The molecule has 0 spiro atoms. The quantitative estimate of drug-likeness (QED) is 0.0206. The van der Waals surface area contributed by atoms with Crippen molar-refractivity contribution in [2.24, 2.45) is 47.2 Å². The van der Waals surface area contributed by atoms with Crippen molar-refractivity contribution in [2.45, 2.75) is 201 Å². The number of unbranched alkanes of at least 4 members (excludes halogenated alkanes) is 3. The predicted octanol–water partition coefficient (Wildman–Crippen LogP) is 8.58. The second kappa shape index (κ2) is 40.4. The molecule has 3 aromatic carbocycles. The minimum atomic E-state index is -1.05. The zero-order chi connectivity index (χ0) is 74.9. The molecule has 0 bridgehead atoms. The van der Waals surface area contributed by atoms with E-state index in [1.165, 1.54) is 31.3 Å². The Labute approximate surface area is 596 Å². The summed E-state index contributed by atoms with van der Waals surface area (Å²) in [6.07, 6.45) is 1.82. The number of benzene rings is 3. The van der Waals surface area contributed by atoms with Gasteiger partial charge in [-0.25, -0.2) is 4.79 Å². The summed E-state index contributed by atoms with van der Waals surface area (Å²) < 4.78 is 29.2. The topological polar surface area (TPSA) is 314 Å². The molecule has 0 unspecified atom stereocenters. The van der Waals surface area contributed by atoms with E-state index in [0.29, 0.717) is 61.0 Å². The van der Waals surface area contributed by atoms with Gasteiger partial charge in [-0.1, -0.05) is 124 Å². The van der Waals surface area contributed by atoms with Gasteiger partial charge in [0.15, 0.2) is 17.3 Å². The number of likely N-dealkylation sites (tertiary alicyclic amines) is 1. The van der Waals surface area contributed by atoms with Gasteiger partial charge in [0, 0.05) is 95.9 Å². The van der Waals surface area contributed by atoms with E-state index in [2.05, 4.69) is 10.6 Å². The van der Waals surface area contributed by atoms with Gasteiger partial charge >= 0.3 is 6.16 Å². The van der Waals surface area contributed by atoms with Crippen molar-refractivity contribution in [1.82, 2.24) is 30.2 Å².